The van der Waals surface area contributed by atoms with E-state index in [1.807, 2.05) is 0 Å². The van der Waals surface area contributed by atoms with E-state index in [2.05, 4.69) is 38.2 Å². The maximum absolute atomic E-state index is 3.69. The quantitative estimate of drug-likeness (QED) is 0.504. The lowest BCUT2D eigenvalue weighted by Crippen LogP contribution is -1.58. The summed E-state index contributed by atoms with van der Waals surface area (Å²) >= 11 is 0. The van der Waals surface area contributed by atoms with Crippen molar-refractivity contribution in [3.05, 3.63) is 31.2 Å². The second-order valence-electron chi connectivity index (χ2n) is 1.88. The van der Waals surface area contributed by atoms with Crippen LogP contribution in [-0.4, -0.2) is 0 Å². The standard InChI is InChI=1S/C9H15/c1-3-5-7-9-8-6-4-2/h5-8H,1,3-4,9H2,2H3/b7-5+,8-6+. The van der Waals surface area contributed by atoms with Gasteiger partial charge in [-0.05, 0) is 26.2 Å². The van der Waals surface area contributed by atoms with E-state index in [-0.39, 0.29) is 0 Å². The Bertz CT molecular complexity index is 76.2. The molecule has 0 fully saturated rings. The van der Waals surface area contributed by atoms with E-state index in [0.29, 0.717) is 0 Å². The normalized spacial score (nSPS) is 11.8. The predicted molar refractivity (Wildman–Crippen MR) is 43.2 cm³/mol. The van der Waals surface area contributed by atoms with E-state index in [1.54, 1.807) is 0 Å². The van der Waals surface area contributed by atoms with E-state index < -0.39 is 0 Å². The van der Waals surface area contributed by atoms with Gasteiger partial charge in [-0.1, -0.05) is 31.2 Å². The molecule has 0 aliphatic rings. The minimum Gasteiger partial charge on any atom is -0.0885 e. The van der Waals surface area contributed by atoms with Crippen LogP contribution in [0.25, 0.3) is 0 Å². The van der Waals surface area contributed by atoms with Crippen molar-refractivity contribution in [3.63, 3.8) is 0 Å². The fourth-order valence-electron chi connectivity index (χ4n) is 0.556. The van der Waals surface area contributed by atoms with Gasteiger partial charge < -0.3 is 0 Å². The lowest BCUT2D eigenvalue weighted by molar-refractivity contribution is 1.19. The molecule has 0 heterocycles. The molecule has 0 saturated carbocycles. The van der Waals surface area contributed by atoms with Gasteiger partial charge in [-0.25, -0.2) is 0 Å². The van der Waals surface area contributed by atoms with Crippen LogP contribution in [0.2, 0.25) is 0 Å². The Morgan fingerprint density at radius 3 is 2.33 bits per heavy atom. The maximum atomic E-state index is 3.69. The summed E-state index contributed by atoms with van der Waals surface area (Å²) in [6.45, 7) is 5.83. The molecule has 0 saturated heterocycles. The summed E-state index contributed by atoms with van der Waals surface area (Å²) in [5, 5.41) is 0. The molecule has 0 bridgehead atoms. The van der Waals surface area contributed by atoms with Crippen molar-refractivity contribution in [1.82, 2.24) is 0 Å². The molecule has 0 rings (SSSR count). The van der Waals surface area contributed by atoms with Crippen molar-refractivity contribution in [2.45, 2.75) is 26.2 Å². The van der Waals surface area contributed by atoms with Gasteiger partial charge in [0, 0.05) is 0 Å². The molecule has 0 atom stereocenters. The highest BCUT2D eigenvalue weighted by Gasteiger charge is 1.68. The number of rotatable bonds is 4. The number of allylic oxidation sites excluding steroid dienone is 4. The smallest absolute Gasteiger partial charge is 0.0169 e. The lowest BCUT2D eigenvalue weighted by Gasteiger charge is -1.79. The molecular formula is C9H15. The van der Waals surface area contributed by atoms with E-state index in [4.69, 9.17) is 0 Å². The lowest BCUT2D eigenvalue weighted by atomic mass is 10.3. The first-order chi connectivity index (χ1) is 4.41. The molecule has 0 N–H and O–H groups in total. The Morgan fingerprint density at radius 2 is 1.78 bits per heavy atom. The third kappa shape index (κ3) is 7.48. The summed E-state index contributed by atoms with van der Waals surface area (Å²) in [7, 11) is 0. The van der Waals surface area contributed by atoms with Gasteiger partial charge in [0.1, 0.15) is 0 Å². The summed E-state index contributed by atoms with van der Waals surface area (Å²) < 4.78 is 0. The highest BCUT2D eigenvalue weighted by Crippen LogP contribution is 1.89. The zero-order valence-corrected chi connectivity index (χ0v) is 6.14. The third-order valence-electron chi connectivity index (χ3n) is 1.01. The second-order valence-corrected chi connectivity index (χ2v) is 1.88. The molecule has 0 aliphatic carbocycles. The van der Waals surface area contributed by atoms with Crippen molar-refractivity contribution < 1.29 is 0 Å². The molecule has 0 spiro atoms. The maximum Gasteiger partial charge on any atom is -0.0169 e. The average Bonchev–Trinajstić information content (AvgIpc) is 1.89. The summed E-state index contributed by atoms with van der Waals surface area (Å²) in [6, 6.07) is 0. The van der Waals surface area contributed by atoms with Crippen molar-refractivity contribution in [1.29, 1.82) is 0 Å². The van der Waals surface area contributed by atoms with Crippen LogP contribution in [0.5, 0.6) is 0 Å². The Labute approximate surface area is 58.3 Å². The fourth-order valence-corrected chi connectivity index (χ4v) is 0.556. The molecule has 0 aromatic carbocycles. The molecule has 0 aromatic heterocycles. The van der Waals surface area contributed by atoms with Crippen molar-refractivity contribution in [3.8, 4) is 0 Å². The summed E-state index contributed by atoms with van der Waals surface area (Å²) in [6.07, 6.45) is 11.7. The van der Waals surface area contributed by atoms with Crippen molar-refractivity contribution in [2.24, 2.45) is 0 Å². The molecule has 0 amide bonds. The molecule has 0 aromatic rings. The van der Waals surface area contributed by atoms with Crippen LogP contribution in [0.15, 0.2) is 24.3 Å². The Kier molecular flexibility index (Phi) is 7.05. The Morgan fingerprint density at radius 1 is 1.11 bits per heavy atom. The van der Waals surface area contributed by atoms with E-state index in [9.17, 15) is 0 Å². The molecule has 0 heteroatoms. The van der Waals surface area contributed by atoms with Gasteiger partial charge in [0.05, 0.1) is 0 Å². The van der Waals surface area contributed by atoms with E-state index in [1.165, 1.54) is 0 Å². The zero-order chi connectivity index (χ0) is 6.95. The second kappa shape index (κ2) is 7.48. The summed E-state index contributed by atoms with van der Waals surface area (Å²) in [4.78, 5) is 0. The molecule has 0 unspecified atom stereocenters. The highest BCUT2D eigenvalue weighted by molar-refractivity contribution is 4.92. The molecule has 0 nitrogen and oxygen atoms in total. The first-order valence-corrected chi connectivity index (χ1v) is 3.51. The minimum absolute atomic E-state index is 0.903. The number of hydrogen-bond acceptors (Lipinski definition) is 0. The largest absolute Gasteiger partial charge is 0.0885 e. The predicted octanol–water partition coefficient (Wildman–Crippen LogP) is 3.12. The summed E-state index contributed by atoms with van der Waals surface area (Å²) in [5.41, 5.74) is 0. The molecule has 51 valence electrons. The average molecular weight is 123 g/mol. The number of hydrogen-bond donors (Lipinski definition) is 0. The molecule has 1 radical (unpaired) electrons. The SMILES string of the molecule is [CH2]C/C=C/C/C=C/CC. The van der Waals surface area contributed by atoms with Crippen LogP contribution in [-0.2, 0) is 0 Å². The zero-order valence-electron chi connectivity index (χ0n) is 6.14. The van der Waals surface area contributed by atoms with Gasteiger partial charge in [0.15, 0.2) is 0 Å². The molecule has 9 heavy (non-hydrogen) atoms. The highest BCUT2D eigenvalue weighted by atomic mass is 13.7. The molecule has 0 aliphatic heterocycles. The van der Waals surface area contributed by atoms with Crippen molar-refractivity contribution >= 4 is 0 Å². The Hall–Kier alpha value is -0.520. The van der Waals surface area contributed by atoms with Crippen LogP contribution >= 0.6 is 0 Å². The van der Waals surface area contributed by atoms with Crippen LogP contribution in [0.1, 0.15) is 26.2 Å². The molecular weight excluding hydrogens is 108 g/mol. The van der Waals surface area contributed by atoms with Gasteiger partial charge in [0.25, 0.3) is 0 Å². The first kappa shape index (κ1) is 8.48. The topological polar surface area (TPSA) is 0 Å². The van der Waals surface area contributed by atoms with Crippen molar-refractivity contribution in [2.75, 3.05) is 0 Å². The fraction of sp³-hybridized carbons (Fsp3) is 0.444. The Balaban J connectivity index is 3.08. The van der Waals surface area contributed by atoms with Gasteiger partial charge in [-0.3, -0.25) is 0 Å². The first-order valence-electron chi connectivity index (χ1n) is 3.51. The monoisotopic (exact) mass is 123 g/mol. The van der Waals surface area contributed by atoms with Crippen LogP contribution in [0.4, 0.5) is 0 Å². The van der Waals surface area contributed by atoms with Gasteiger partial charge >= 0.3 is 0 Å². The van der Waals surface area contributed by atoms with Gasteiger partial charge in [0.2, 0.25) is 0 Å². The van der Waals surface area contributed by atoms with Crippen LogP contribution < -0.4 is 0 Å². The van der Waals surface area contributed by atoms with Gasteiger partial charge in [-0.2, -0.15) is 0 Å². The van der Waals surface area contributed by atoms with E-state index >= 15 is 0 Å². The van der Waals surface area contributed by atoms with Gasteiger partial charge in [-0.15, -0.1) is 0 Å². The van der Waals surface area contributed by atoms with Crippen LogP contribution in [0.3, 0.4) is 0 Å². The van der Waals surface area contributed by atoms with Crippen LogP contribution in [0, 0.1) is 6.92 Å². The third-order valence-corrected chi connectivity index (χ3v) is 1.01. The van der Waals surface area contributed by atoms with E-state index in [0.717, 1.165) is 19.3 Å². The minimum atomic E-state index is 0.903. The summed E-state index contributed by atoms with van der Waals surface area (Å²) in [5.74, 6) is 0.